The standard InChI is InChI=1S/C24H32FN3O2/c25-19-9-10-20(26-13-19)24(30)27-14-17-12-18(15-27)22(11-16-5-2-1-3-6-16)28-21(17)7-4-8-23(28)29/h9-10,13,16-18,21-22H,1-8,11-12,14-15H2/t17-,18+,21+,22+/m1/s1. The summed E-state index contributed by atoms with van der Waals surface area (Å²) in [6.45, 7) is 1.36. The molecule has 2 bridgehead atoms. The number of halogens is 1. The maximum atomic E-state index is 13.3. The number of pyridine rings is 1. The van der Waals surface area contributed by atoms with Crippen LogP contribution < -0.4 is 0 Å². The van der Waals surface area contributed by atoms with Crippen LogP contribution in [0.2, 0.25) is 0 Å². The fraction of sp³-hybridized carbons (Fsp3) is 0.708. The first-order chi connectivity index (χ1) is 14.6. The molecule has 1 aliphatic carbocycles. The number of hydrogen-bond acceptors (Lipinski definition) is 3. The van der Waals surface area contributed by atoms with Gasteiger partial charge in [-0.15, -0.1) is 0 Å². The highest BCUT2D eigenvalue weighted by atomic mass is 19.1. The number of rotatable bonds is 3. The van der Waals surface area contributed by atoms with Crippen molar-refractivity contribution in [1.29, 1.82) is 0 Å². The van der Waals surface area contributed by atoms with E-state index in [-0.39, 0.29) is 18.0 Å². The van der Waals surface area contributed by atoms with E-state index in [2.05, 4.69) is 9.88 Å². The van der Waals surface area contributed by atoms with E-state index in [0.29, 0.717) is 48.9 Å². The van der Waals surface area contributed by atoms with Crippen molar-refractivity contribution in [3.63, 3.8) is 0 Å². The van der Waals surface area contributed by atoms with Gasteiger partial charge in [0.05, 0.1) is 6.20 Å². The maximum absolute atomic E-state index is 13.3. The van der Waals surface area contributed by atoms with E-state index < -0.39 is 5.82 Å². The molecule has 30 heavy (non-hydrogen) atoms. The normalized spacial score (nSPS) is 32.1. The number of fused-ring (bicyclic) bond motifs is 4. The molecule has 2 amide bonds. The highest BCUT2D eigenvalue weighted by Crippen LogP contribution is 2.44. The zero-order valence-corrected chi connectivity index (χ0v) is 17.6. The number of amides is 2. The summed E-state index contributed by atoms with van der Waals surface area (Å²) in [7, 11) is 0. The first-order valence-electron chi connectivity index (χ1n) is 11.8. The van der Waals surface area contributed by atoms with Crippen molar-refractivity contribution in [2.24, 2.45) is 17.8 Å². The molecule has 5 rings (SSSR count). The number of hydrogen-bond donors (Lipinski definition) is 0. The Kier molecular flexibility index (Phi) is 5.50. The van der Waals surface area contributed by atoms with Crippen molar-refractivity contribution in [3.8, 4) is 0 Å². The quantitative estimate of drug-likeness (QED) is 0.752. The Labute approximate surface area is 178 Å². The van der Waals surface area contributed by atoms with E-state index in [1.807, 2.05) is 4.90 Å². The Morgan fingerprint density at radius 1 is 1.07 bits per heavy atom. The molecule has 4 fully saturated rings. The lowest BCUT2D eigenvalue weighted by molar-refractivity contribution is -0.153. The zero-order chi connectivity index (χ0) is 20.7. The van der Waals surface area contributed by atoms with Crippen molar-refractivity contribution < 1.29 is 14.0 Å². The van der Waals surface area contributed by atoms with Crippen LogP contribution in [0.25, 0.3) is 0 Å². The molecule has 4 atom stereocenters. The first kappa shape index (κ1) is 20.0. The van der Waals surface area contributed by atoms with Crippen LogP contribution in [-0.2, 0) is 4.79 Å². The van der Waals surface area contributed by atoms with Gasteiger partial charge in [0.25, 0.3) is 5.91 Å². The molecule has 3 aliphatic heterocycles. The molecule has 5 nitrogen and oxygen atoms in total. The van der Waals surface area contributed by atoms with Crippen LogP contribution in [0, 0.1) is 23.6 Å². The van der Waals surface area contributed by atoms with Crippen LogP contribution in [0.1, 0.15) is 74.7 Å². The van der Waals surface area contributed by atoms with Crippen molar-refractivity contribution >= 4 is 11.8 Å². The Morgan fingerprint density at radius 3 is 2.63 bits per heavy atom. The van der Waals surface area contributed by atoms with E-state index >= 15 is 0 Å². The van der Waals surface area contributed by atoms with E-state index in [0.717, 1.165) is 31.9 Å². The summed E-state index contributed by atoms with van der Waals surface area (Å²) >= 11 is 0. The van der Waals surface area contributed by atoms with Gasteiger partial charge in [0.15, 0.2) is 0 Å². The van der Waals surface area contributed by atoms with Crippen LogP contribution in [0.5, 0.6) is 0 Å². The molecule has 0 radical (unpaired) electrons. The molecule has 3 saturated heterocycles. The van der Waals surface area contributed by atoms with Gasteiger partial charge in [-0.25, -0.2) is 9.37 Å². The molecule has 0 N–H and O–H groups in total. The Morgan fingerprint density at radius 2 is 1.87 bits per heavy atom. The fourth-order valence-corrected chi connectivity index (χ4v) is 6.67. The van der Waals surface area contributed by atoms with Crippen molar-refractivity contribution in [2.45, 2.75) is 76.3 Å². The summed E-state index contributed by atoms with van der Waals surface area (Å²) in [5.41, 5.74) is 0.316. The summed E-state index contributed by atoms with van der Waals surface area (Å²) in [5, 5.41) is 0. The Balaban J connectivity index is 1.39. The SMILES string of the molecule is O=C(c1ccc(F)cn1)N1C[C@H]2C[C@@H](C1)[C@H](CC1CCCCC1)N1C(=O)CCC[C@@H]21. The van der Waals surface area contributed by atoms with Gasteiger partial charge in [-0.05, 0) is 55.6 Å². The summed E-state index contributed by atoms with van der Waals surface area (Å²) in [4.78, 5) is 34.3. The topological polar surface area (TPSA) is 53.5 Å². The smallest absolute Gasteiger partial charge is 0.272 e. The Hall–Kier alpha value is -1.98. The highest BCUT2D eigenvalue weighted by Gasteiger charge is 2.50. The van der Waals surface area contributed by atoms with Crippen LogP contribution in [0.15, 0.2) is 18.3 Å². The third-order valence-electron chi connectivity index (χ3n) is 8.03. The lowest BCUT2D eigenvalue weighted by Gasteiger charge is -2.57. The highest BCUT2D eigenvalue weighted by molar-refractivity contribution is 5.92. The minimum Gasteiger partial charge on any atom is -0.337 e. The molecule has 6 heteroatoms. The van der Waals surface area contributed by atoms with Gasteiger partial charge in [-0.2, -0.15) is 0 Å². The average Bonchev–Trinajstić information content (AvgIpc) is 2.77. The van der Waals surface area contributed by atoms with E-state index in [9.17, 15) is 14.0 Å². The summed E-state index contributed by atoms with van der Waals surface area (Å²) in [5.74, 6) is 1.21. The minimum atomic E-state index is -0.425. The largest absolute Gasteiger partial charge is 0.337 e. The van der Waals surface area contributed by atoms with Gasteiger partial charge in [-0.1, -0.05) is 32.1 Å². The number of nitrogens with zero attached hydrogens (tertiary/aromatic N) is 3. The van der Waals surface area contributed by atoms with E-state index in [4.69, 9.17) is 0 Å². The molecular formula is C24H32FN3O2. The molecule has 1 saturated carbocycles. The van der Waals surface area contributed by atoms with Crippen LogP contribution in [0.3, 0.4) is 0 Å². The molecule has 4 aliphatic rings. The number of carbonyl (C=O) groups is 2. The van der Waals surface area contributed by atoms with Gasteiger partial charge < -0.3 is 9.80 Å². The molecule has 4 heterocycles. The molecule has 1 aromatic rings. The minimum absolute atomic E-state index is 0.100. The summed E-state index contributed by atoms with van der Waals surface area (Å²) < 4.78 is 13.3. The lowest BCUT2D eigenvalue weighted by atomic mass is 9.69. The maximum Gasteiger partial charge on any atom is 0.272 e. The number of aromatic nitrogens is 1. The van der Waals surface area contributed by atoms with Gasteiger partial charge in [0.2, 0.25) is 5.91 Å². The van der Waals surface area contributed by atoms with Crippen molar-refractivity contribution in [2.75, 3.05) is 13.1 Å². The third-order valence-corrected chi connectivity index (χ3v) is 8.03. The van der Waals surface area contributed by atoms with Crippen molar-refractivity contribution in [1.82, 2.24) is 14.8 Å². The molecular weight excluding hydrogens is 381 g/mol. The molecule has 162 valence electrons. The van der Waals surface area contributed by atoms with E-state index in [1.165, 1.54) is 44.2 Å². The fourth-order valence-electron chi connectivity index (χ4n) is 6.67. The van der Waals surface area contributed by atoms with Crippen LogP contribution >= 0.6 is 0 Å². The predicted molar refractivity (Wildman–Crippen MR) is 111 cm³/mol. The summed E-state index contributed by atoms with van der Waals surface area (Å²) in [6.07, 6.45) is 12.5. The Bertz CT molecular complexity index is 792. The average molecular weight is 414 g/mol. The second kappa shape index (κ2) is 8.27. The zero-order valence-electron chi connectivity index (χ0n) is 17.6. The first-order valence-corrected chi connectivity index (χ1v) is 11.8. The summed E-state index contributed by atoms with van der Waals surface area (Å²) in [6, 6.07) is 3.32. The number of carbonyl (C=O) groups excluding carboxylic acids is 2. The third kappa shape index (κ3) is 3.74. The van der Waals surface area contributed by atoms with Crippen molar-refractivity contribution in [3.05, 3.63) is 29.8 Å². The second-order valence-corrected chi connectivity index (χ2v) is 9.90. The number of likely N-dealkylation sites (tertiary alicyclic amines) is 1. The van der Waals surface area contributed by atoms with Gasteiger partial charge in [-0.3, -0.25) is 9.59 Å². The molecule has 0 unspecified atom stereocenters. The van der Waals surface area contributed by atoms with Gasteiger partial charge in [0, 0.05) is 31.6 Å². The monoisotopic (exact) mass is 413 g/mol. The van der Waals surface area contributed by atoms with E-state index in [1.54, 1.807) is 0 Å². The molecule has 0 spiro atoms. The molecule has 1 aromatic heterocycles. The molecule has 0 aromatic carbocycles. The lowest BCUT2D eigenvalue weighted by Crippen LogP contribution is -2.65. The van der Waals surface area contributed by atoms with Crippen LogP contribution in [-0.4, -0.2) is 51.8 Å². The van der Waals surface area contributed by atoms with Crippen LogP contribution in [0.4, 0.5) is 4.39 Å². The van der Waals surface area contributed by atoms with Gasteiger partial charge in [0.1, 0.15) is 11.5 Å². The van der Waals surface area contributed by atoms with Gasteiger partial charge >= 0.3 is 0 Å². The second-order valence-electron chi connectivity index (χ2n) is 9.90. The predicted octanol–water partition coefficient (Wildman–Crippen LogP) is 4.03. The number of piperidine rings is 3.